The van der Waals surface area contributed by atoms with Crippen LogP contribution in [-0.4, -0.2) is 23.2 Å². The topological polar surface area (TPSA) is 79.4 Å². The van der Waals surface area contributed by atoms with E-state index in [4.69, 9.17) is 9.84 Å². The Kier molecular flexibility index (Phi) is 2.93. The largest absolute Gasteiger partial charge is 0.478 e. The van der Waals surface area contributed by atoms with Crippen LogP contribution in [0.25, 0.3) is 10.9 Å². The zero-order valence-electron chi connectivity index (χ0n) is 9.19. The predicted octanol–water partition coefficient (Wildman–Crippen LogP) is 1.37. The smallest absolute Gasteiger partial charge is 0.335 e. The summed E-state index contributed by atoms with van der Waals surface area (Å²) in [7, 11) is 1.54. The van der Waals surface area contributed by atoms with Crippen LogP contribution >= 0.6 is 0 Å². The van der Waals surface area contributed by atoms with Crippen LogP contribution in [0.3, 0.4) is 0 Å². The number of benzene rings is 1. The third kappa shape index (κ3) is 2.19. The standard InChI is InChI=1S/C12H11NO4/c1-17-6-8-5-11(14)9-4-7(12(15)16)2-3-10(9)13-8/h2-5H,6H2,1H3,(H,13,14)(H,15,16). The maximum atomic E-state index is 11.8. The molecular formula is C12H11NO4. The maximum Gasteiger partial charge on any atom is 0.335 e. The fourth-order valence-electron chi connectivity index (χ4n) is 1.67. The molecule has 0 amide bonds. The molecule has 5 nitrogen and oxygen atoms in total. The number of fused-ring (bicyclic) bond motifs is 1. The van der Waals surface area contributed by atoms with E-state index in [0.717, 1.165) is 0 Å². The first-order chi connectivity index (χ1) is 8.11. The van der Waals surface area contributed by atoms with Crippen molar-refractivity contribution in [3.63, 3.8) is 0 Å². The molecule has 0 atom stereocenters. The Morgan fingerprint density at radius 2 is 2.18 bits per heavy atom. The quantitative estimate of drug-likeness (QED) is 0.839. The van der Waals surface area contributed by atoms with Gasteiger partial charge in [0.15, 0.2) is 5.43 Å². The first kappa shape index (κ1) is 11.3. The van der Waals surface area contributed by atoms with E-state index in [1.165, 1.54) is 25.3 Å². The highest BCUT2D eigenvalue weighted by molar-refractivity contribution is 5.93. The Labute approximate surface area is 96.7 Å². The van der Waals surface area contributed by atoms with Gasteiger partial charge >= 0.3 is 5.97 Å². The van der Waals surface area contributed by atoms with Gasteiger partial charge in [-0.15, -0.1) is 0 Å². The lowest BCUT2D eigenvalue weighted by molar-refractivity contribution is 0.0697. The number of hydrogen-bond donors (Lipinski definition) is 2. The Morgan fingerprint density at radius 1 is 1.41 bits per heavy atom. The molecule has 0 saturated carbocycles. The number of ether oxygens (including phenoxy) is 1. The van der Waals surface area contributed by atoms with Gasteiger partial charge in [-0.3, -0.25) is 4.79 Å². The summed E-state index contributed by atoms with van der Waals surface area (Å²) >= 11 is 0. The zero-order valence-corrected chi connectivity index (χ0v) is 9.19. The molecule has 1 aromatic heterocycles. The number of aromatic nitrogens is 1. The van der Waals surface area contributed by atoms with E-state index < -0.39 is 5.97 Å². The number of nitrogens with one attached hydrogen (secondary N) is 1. The maximum absolute atomic E-state index is 11.8. The van der Waals surface area contributed by atoms with Crippen LogP contribution in [0.2, 0.25) is 0 Å². The van der Waals surface area contributed by atoms with Crippen LogP contribution in [0.4, 0.5) is 0 Å². The van der Waals surface area contributed by atoms with Crippen molar-refractivity contribution in [2.24, 2.45) is 0 Å². The summed E-state index contributed by atoms with van der Waals surface area (Å²) in [6, 6.07) is 5.82. The lowest BCUT2D eigenvalue weighted by Gasteiger charge is -2.04. The molecule has 0 aliphatic heterocycles. The minimum atomic E-state index is -1.05. The van der Waals surface area contributed by atoms with Gasteiger partial charge in [0.05, 0.1) is 12.2 Å². The van der Waals surface area contributed by atoms with Crippen LogP contribution in [0, 0.1) is 0 Å². The number of pyridine rings is 1. The number of hydrogen-bond acceptors (Lipinski definition) is 3. The van der Waals surface area contributed by atoms with Crippen LogP contribution in [0.1, 0.15) is 16.1 Å². The van der Waals surface area contributed by atoms with E-state index >= 15 is 0 Å². The first-order valence-corrected chi connectivity index (χ1v) is 5.00. The van der Waals surface area contributed by atoms with Gasteiger partial charge in [-0.25, -0.2) is 4.79 Å². The number of carboxylic acid groups (broad SMARTS) is 1. The molecule has 0 radical (unpaired) electrons. The molecule has 2 N–H and O–H groups in total. The van der Waals surface area contributed by atoms with Crippen LogP contribution < -0.4 is 5.43 Å². The normalized spacial score (nSPS) is 10.6. The van der Waals surface area contributed by atoms with Crippen LogP contribution in [0.15, 0.2) is 29.1 Å². The molecular weight excluding hydrogens is 222 g/mol. The van der Waals surface area contributed by atoms with Gasteiger partial charge in [0.1, 0.15) is 0 Å². The molecule has 0 unspecified atom stereocenters. The molecule has 2 aromatic rings. The minimum Gasteiger partial charge on any atom is -0.478 e. The average Bonchev–Trinajstić information content (AvgIpc) is 2.29. The SMILES string of the molecule is COCc1cc(=O)c2cc(C(=O)O)ccc2[nH]1. The van der Waals surface area contributed by atoms with Crippen molar-refractivity contribution in [1.82, 2.24) is 4.98 Å². The highest BCUT2D eigenvalue weighted by atomic mass is 16.5. The molecule has 0 saturated heterocycles. The Balaban J connectivity index is 2.64. The number of methoxy groups -OCH3 is 1. The highest BCUT2D eigenvalue weighted by Gasteiger charge is 2.07. The molecule has 17 heavy (non-hydrogen) atoms. The predicted molar refractivity (Wildman–Crippen MR) is 62.2 cm³/mol. The van der Waals surface area contributed by atoms with E-state index in [9.17, 15) is 9.59 Å². The molecule has 2 rings (SSSR count). The summed E-state index contributed by atoms with van der Waals surface area (Å²) in [5, 5.41) is 9.21. The molecule has 0 spiro atoms. The van der Waals surface area contributed by atoms with Gasteiger partial charge in [0.25, 0.3) is 0 Å². The third-order valence-corrected chi connectivity index (χ3v) is 2.43. The Hall–Kier alpha value is -2.14. The van der Waals surface area contributed by atoms with Crippen molar-refractivity contribution in [3.8, 4) is 0 Å². The van der Waals surface area contributed by atoms with Gasteiger partial charge in [-0.1, -0.05) is 0 Å². The van der Waals surface area contributed by atoms with Crippen molar-refractivity contribution in [1.29, 1.82) is 0 Å². The zero-order chi connectivity index (χ0) is 12.4. The number of rotatable bonds is 3. The minimum absolute atomic E-state index is 0.0995. The van der Waals surface area contributed by atoms with Crippen molar-refractivity contribution in [2.75, 3.05) is 7.11 Å². The number of carboxylic acids is 1. The molecule has 1 heterocycles. The second kappa shape index (κ2) is 4.39. The summed E-state index contributed by atoms with van der Waals surface area (Å²) in [5.41, 5.74) is 1.15. The van der Waals surface area contributed by atoms with Gasteiger partial charge in [-0.2, -0.15) is 0 Å². The summed E-state index contributed by atoms with van der Waals surface area (Å²) < 4.78 is 4.93. The van der Waals surface area contributed by atoms with E-state index in [0.29, 0.717) is 23.2 Å². The van der Waals surface area contributed by atoms with Crippen molar-refractivity contribution in [3.05, 3.63) is 45.7 Å². The van der Waals surface area contributed by atoms with Crippen molar-refractivity contribution >= 4 is 16.9 Å². The Bertz CT molecular complexity index is 630. The highest BCUT2D eigenvalue weighted by Crippen LogP contribution is 2.11. The molecule has 1 aromatic carbocycles. The fourth-order valence-corrected chi connectivity index (χ4v) is 1.67. The lowest BCUT2D eigenvalue weighted by Crippen LogP contribution is -2.07. The van der Waals surface area contributed by atoms with Crippen LogP contribution in [-0.2, 0) is 11.3 Å². The molecule has 0 bridgehead atoms. The number of carbonyl (C=O) groups is 1. The van der Waals surface area contributed by atoms with Gasteiger partial charge in [0, 0.05) is 29.8 Å². The average molecular weight is 233 g/mol. The molecule has 0 aliphatic rings. The fraction of sp³-hybridized carbons (Fsp3) is 0.167. The second-order valence-electron chi connectivity index (χ2n) is 3.66. The van der Waals surface area contributed by atoms with Gasteiger partial charge < -0.3 is 14.8 Å². The first-order valence-electron chi connectivity index (χ1n) is 5.00. The second-order valence-corrected chi connectivity index (χ2v) is 3.66. The van der Waals surface area contributed by atoms with Gasteiger partial charge in [-0.05, 0) is 18.2 Å². The summed E-state index contributed by atoms with van der Waals surface area (Å²) in [5.74, 6) is -1.05. The third-order valence-electron chi connectivity index (χ3n) is 2.43. The number of H-pyrrole nitrogens is 1. The molecule has 88 valence electrons. The lowest BCUT2D eigenvalue weighted by atomic mass is 10.1. The van der Waals surface area contributed by atoms with Crippen molar-refractivity contribution < 1.29 is 14.6 Å². The van der Waals surface area contributed by atoms with Crippen LogP contribution in [0.5, 0.6) is 0 Å². The Morgan fingerprint density at radius 3 is 2.82 bits per heavy atom. The van der Waals surface area contributed by atoms with E-state index in [1.54, 1.807) is 6.07 Å². The molecule has 0 aliphatic carbocycles. The number of aromatic carboxylic acids is 1. The van der Waals surface area contributed by atoms with Crippen molar-refractivity contribution in [2.45, 2.75) is 6.61 Å². The van der Waals surface area contributed by atoms with Gasteiger partial charge in [0.2, 0.25) is 0 Å². The molecule has 5 heteroatoms. The summed E-state index contributed by atoms with van der Waals surface area (Å²) in [4.78, 5) is 25.6. The van der Waals surface area contributed by atoms with E-state index in [1.807, 2.05) is 0 Å². The number of aromatic amines is 1. The summed E-state index contributed by atoms with van der Waals surface area (Å²) in [6.45, 7) is 0.311. The molecule has 0 fully saturated rings. The summed E-state index contributed by atoms with van der Waals surface area (Å²) in [6.07, 6.45) is 0. The van der Waals surface area contributed by atoms with E-state index in [-0.39, 0.29) is 11.0 Å². The monoisotopic (exact) mass is 233 g/mol. The van der Waals surface area contributed by atoms with E-state index in [2.05, 4.69) is 4.98 Å².